The topological polar surface area (TPSA) is 24.8 Å². The zero-order valence-electron chi connectivity index (χ0n) is 15.1. The van der Waals surface area contributed by atoms with Crippen LogP contribution in [0.1, 0.15) is 23.6 Å². The monoisotopic (exact) mass is 430 g/mol. The average Bonchev–Trinajstić information content (AvgIpc) is 3.15. The van der Waals surface area contributed by atoms with Crippen molar-refractivity contribution in [3.8, 4) is 5.75 Å². The van der Waals surface area contributed by atoms with Gasteiger partial charge in [-0.15, -0.1) is 0 Å². The number of hydrogen-bond donors (Lipinski definition) is 0. The molecule has 1 aliphatic heterocycles. The molecule has 0 amide bonds. The van der Waals surface area contributed by atoms with E-state index < -0.39 is 0 Å². The molecule has 0 saturated carbocycles. The molecule has 28 heavy (non-hydrogen) atoms. The van der Waals surface area contributed by atoms with E-state index in [1.807, 2.05) is 65.7 Å². The van der Waals surface area contributed by atoms with E-state index in [9.17, 15) is 0 Å². The van der Waals surface area contributed by atoms with Crippen LogP contribution in [0, 0.1) is 0 Å². The SMILES string of the molecule is COc1ccccc1C1=NN(c2cccc(Cl)c2)C(c2cccc(Cl)c2Cl)C1. The van der Waals surface area contributed by atoms with E-state index in [0.717, 1.165) is 28.3 Å². The molecule has 0 fully saturated rings. The van der Waals surface area contributed by atoms with Gasteiger partial charge >= 0.3 is 0 Å². The molecule has 0 aromatic heterocycles. The second-order valence-corrected chi connectivity index (χ2v) is 7.66. The molecule has 0 aliphatic carbocycles. The van der Waals surface area contributed by atoms with Gasteiger partial charge in [-0.05, 0) is 42.0 Å². The number of benzene rings is 3. The normalized spacial score (nSPS) is 16.2. The third-order valence-corrected chi connectivity index (χ3v) is 5.81. The first kappa shape index (κ1) is 19.1. The number of rotatable bonds is 4. The van der Waals surface area contributed by atoms with Crippen molar-refractivity contribution in [1.29, 1.82) is 0 Å². The Hall–Kier alpha value is -2.20. The van der Waals surface area contributed by atoms with Gasteiger partial charge in [-0.25, -0.2) is 0 Å². The molecule has 0 N–H and O–H groups in total. The van der Waals surface area contributed by atoms with Crippen molar-refractivity contribution < 1.29 is 4.74 Å². The summed E-state index contributed by atoms with van der Waals surface area (Å²) in [7, 11) is 1.66. The minimum atomic E-state index is -0.107. The summed E-state index contributed by atoms with van der Waals surface area (Å²) in [6, 6.07) is 21.0. The van der Waals surface area contributed by atoms with Crippen LogP contribution < -0.4 is 9.75 Å². The summed E-state index contributed by atoms with van der Waals surface area (Å²) in [5.41, 5.74) is 3.68. The fraction of sp³-hybridized carbons (Fsp3) is 0.136. The molecule has 3 nitrogen and oxygen atoms in total. The molecule has 0 spiro atoms. The fourth-order valence-corrected chi connectivity index (χ4v) is 4.05. The van der Waals surface area contributed by atoms with E-state index in [4.69, 9.17) is 44.6 Å². The Morgan fingerprint density at radius 1 is 0.964 bits per heavy atom. The van der Waals surface area contributed by atoms with Crippen molar-refractivity contribution >= 4 is 46.2 Å². The van der Waals surface area contributed by atoms with Gasteiger partial charge < -0.3 is 4.74 Å². The Morgan fingerprint density at radius 2 is 1.75 bits per heavy atom. The smallest absolute Gasteiger partial charge is 0.127 e. The summed E-state index contributed by atoms with van der Waals surface area (Å²) < 4.78 is 5.53. The van der Waals surface area contributed by atoms with Gasteiger partial charge in [0.25, 0.3) is 0 Å². The minimum Gasteiger partial charge on any atom is -0.496 e. The lowest BCUT2D eigenvalue weighted by atomic mass is 9.97. The van der Waals surface area contributed by atoms with Crippen LogP contribution >= 0.6 is 34.8 Å². The van der Waals surface area contributed by atoms with Gasteiger partial charge in [0, 0.05) is 17.0 Å². The van der Waals surface area contributed by atoms with E-state index >= 15 is 0 Å². The first-order chi connectivity index (χ1) is 13.6. The number of nitrogens with zero attached hydrogens (tertiary/aromatic N) is 2. The minimum absolute atomic E-state index is 0.107. The Balaban J connectivity index is 1.83. The van der Waals surface area contributed by atoms with Gasteiger partial charge in [0.15, 0.2) is 0 Å². The molecule has 1 atom stereocenters. The largest absolute Gasteiger partial charge is 0.496 e. The standard InChI is InChI=1S/C22H17Cl3N2O/c1-28-21-11-3-2-8-16(21)19-13-20(17-9-5-10-18(24)22(17)25)27(26-19)15-7-4-6-14(23)12-15/h2-12,20H,13H2,1H3. The number of anilines is 1. The number of halogens is 3. The van der Waals surface area contributed by atoms with Crippen LogP contribution in [-0.4, -0.2) is 12.8 Å². The second-order valence-electron chi connectivity index (χ2n) is 6.43. The molecule has 1 aliphatic rings. The number of para-hydroxylation sites is 1. The molecule has 4 rings (SSSR count). The van der Waals surface area contributed by atoms with E-state index in [0.29, 0.717) is 21.5 Å². The van der Waals surface area contributed by atoms with Crippen molar-refractivity contribution in [3.63, 3.8) is 0 Å². The highest BCUT2D eigenvalue weighted by atomic mass is 35.5. The fourth-order valence-electron chi connectivity index (χ4n) is 3.43. The predicted molar refractivity (Wildman–Crippen MR) is 117 cm³/mol. The number of methoxy groups -OCH3 is 1. The summed E-state index contributed by atoms with van der Waals surface area (Å²) in [6.07, 6.45) is 0.660. The van der Waals surface area contributed by atoms with Gasteiger partial charge in [-0.3, -0.25) is 5.01 Å². The van der Waals surface area contributed by atoms with Gasteiger partial charge in [0.2, 0.25) is 0 Å². The lowest BCUT2D eigenvalue weighted by molar-refractivity contribution is 0.414. The van der Waals surface area contributed by atoms with Crippen molar-refractivity contribution in [2.24, 2.45) is 5.10 Å². The first-order valence-electron chi connectivity index (χ1n) is 8.78. The third kappa shape index (κ3) is 3.58. The van der Waals surface area contributed by atoms with Crippen molar-refractivity contribution in [2.75, 3.05) is 12.1 Å². The average molecular weight is 432 g/mol. The van der Waals surface area contributed by atoms with Crippen LogP contribution in [0.15, 0.2) is 71.8 Å². The molecule has 142 valence electrons. The highest BCUT2D eigenvalue weighted by molar-refractivity contribution is 6.42. The molecular weight excluding hydrogens is 415 g/mol. The lowest BCUT2D eigenvalue weighted by Gasteiger charge is -2.25. The van der Waals surface area contributed by atoms with Crippen LogP contribution in [-0.2, 0) is 0 Å². The van der Waals surface area contributed by atoms with Gasteiger partial charge in [-0.2, -0.15) is 5.10 Å². The van der Waals surface area contributed by atoms with Gasteiger partial charge in [0.05, 0.1) is 34.6 Å². The van der Waals surface area contributed by atoms with Crippen LogP contribution in [0.25, 0.3) is 0 Å². The van der Waals surface area contributed by atoms with Crippen molar-refractivity contribution in [2.45, 2.75) is 12.5 Å². The maximum absolute atomic E-state index is 6.55. The van der Waals surface area contributed by atoms with E-state index in [1.165, 1.54) is 0 Å². The molecule has 1 unspecified atom stereocenters. The molecular formula is C22H17Cl3N2O. The zero-order valence-corrected chi connectivity index (χ0v) is 17.3. The molecule has 0 radical (unpaired) electrons. The van der Waals surface area contributed by atoms with Gasteiger partial charge in [0.1, 0.15) is 5.75 Å². The summed E-state index contributed by atoms with van der Waals surface area (Å²) in [5.74, 6) is 0.783. The molecule has 3 aromatic carbocycles. The van der Waals surface area contributed by atoms with E-state index in [-0.39, 0.29) is 6.04 Å². The highest BCUT2D eigenvalue weighted by Gasteiger charge is 2.32. The van der Waals surface area contributed by atoms with Crippen LogP contribution in [0.4, 0.5) is 5.69 Å². The Morgan fingerprint density at radius 3 is 2.54 bits per heavy atom. The molecule has 0 bridgehead atoms. The van der Waals surface area contributed by atoms with E-state index in [2.05, 4.69) is 0 Å². The summed E-state index contributed by atoms with van der Waals surface area (Å²) in [6.45, 7) is 0. The van der Waals surface area contributed by atoms with Crippen molar-refractivity contribution in [3.05, 3.63) is 92.9 Å². The maximum Gasteiger partial charge on any atom is 0.127 e. The zero-order chi connectivity index (χ0) is 19.7. The van der Waals surface area contributed by atoms with Crippen LogP contribution in [0.3, 0.4) is 0 Å². The number of ether oxygens (including phenoxy) is 1. The van der Waals surface area contributed by atoms with E-state index in [1.54, 1.807) is 13.2 Å². The predicted octanol–water partition coefficient (Wildman–Crippen LogP) is 7.01. The van der Waals surface area contributed by atoms with Crippen LogP contribution in [0.2, 0.25) is 15.1 Å². The second kappa shape index (κ2) is 8.04. The molecule has 1 heterocycles. The highest BCUT2D eigenvalue weighted by Crippen LogP contribution is 2.42. The number of hydrazone groups is 1. The Labute approximate surface area is 179 Å². The third-order valence-electron chi connectivity index (χ3n) is 4.74. The Kier molecular flexibility index (Phi) is 5.49. The molecule has 0 saturated heterocycles. The summed E-state index contributed by atoms with van der Waals surface area (Å²) in [5, 5.41) is 8.58. The quantitative estimate of drug-likeness (QED) is 0.444. The summed E-state index contributed by atoms with van der Waals surface area (Å²) >= 11 is 19.1. The van der Waals surface area contributed by atoms with Crippen LogP contribution in [0.5, 0.6) is 5.75 Å². The maximum atomic E-state index is 6.55. The van der Waals surface area contributed by atoms with Gasteiger partial charge in [-0.1, -0.05) is 65.1 Å². The lowest BCUT2D eigenvalue weighted by Crippen LogP contribution is -2.19. The molecule has 3 aromatic rings. The number of hydrogen-bond acceptors (Lipinski definition) is 3. The summed E-state index contributed by atoms with van der Waals surface area (Å²) in [4.78, 5) is 0. The first-order valence-corrected chi connectivity index (χ1v) is 9.91. The van der Waals surface area contributed by atoms with Crippen molar-refractivity contribution in [1.82, 2.24) is 0 Å². The molecule has 6 heteroatoms. The Bertz CT molecular complexity index is 1050.